The molecule has 0 saturated carbocycles. The lowest BCUT2D eigenvalue weighted by atomic mass is 10.1. The molecule has 0 aliphatic carbocycles. The zero-order chi connectivity index (χ0) is 20.6. The van der Waals surface area contributed by atoms with Crippen LogP contribution in [0.25, 0.3) is 5.69 Å². The van der Waals surface area contributed by atoms with Crippen LogP contribution >= 0.6 is 11.8 Å². The summed E-state index contributed by atoms with van der Waals surface area (Å²) in [5.41, 5.74) is 4.40. The van der Waals surface area contributed by atoms with Crippen molar-refractivity contribution in [1.29, 1.82) is 0 Å². The van der Waals surface area contributed by atoms with Gasteiger partial charge in [-0.05, 0) is 60.0 Å². The first kappa shape index (κ1) is 20.9. The molecule has 0 spiro atoms. The van der Waals surface area contributed by atoms with Crippen LogP contribution in [0.1, 0.15) is 17.5 Å². The minimum absolute atomic E-state index is 0.0205. The Bertz CT molecular complexity index is 943. The van der Waals surface area contributed by atoms with Crippen LogP contribution < -0.4 is 10.2 Å². The molecule has 0 bridgehead atoms. The summed E-state index contributed by atoms with van der Waals surface area (Å²) >= 11 is 1.34. The quantitative estimate of drug-likeness (QED) is 0.432. The van der Waals surface area contributed by atoms with Gasteiger partial charge in [0.15, 0.2) is 0 Å². The van der Waals surface area contributed by atoms with E-state index in [-0.39, 0.29) is 11.7 Å². The van der Waals surface area contributed by atoms with Crippen molar-refractivity contribution in [3.05, 3.63) is 59.7 Å². The van der Waals surface area contributed by atoms with Crippen LogP contribution in [0, 0.1) is 13.8 Å². The largest absolute Gasteiger partial charge is 0.375 e. The number of benzene rings is 2. The van der Waals surface area contributed by atoms with Crippen molar-refractivity contribution >= 4 is 23.4 Å². The number of aromatic nitrogens is 4. The van der Waals surface area contributed by atoms with Crippen molar-refractivity contribution < 1.29 is 4.79 Å². The summed E-state index contributed by atoms with van der Waals surface area (Å²) in [6.07, 6.45) is 0.877. The van der Waals surface area contributed by atoms with E-state index in [9.17, 15) is 4.79 Å². The molecule has 0 aliphatic rings. The van der Waals surface area contributed by atoms with Gasteiger partial charge in [-0.15, -0.1) is 5.10 Å². The number of amides is 1. The molecule has 1 heterocycles. The molecule has 0 radical (unpaired) electrons. The fraction of sp³-hybridized carbons (Fsp3) is 0.333. The Balaban J connectivity index is 1.45. The number of carbonyl (C=O) groups is 1. The van der Waals surface area contributed by atoms with Crippen molar-refractivity contribution in [2.24, 2.45) is 0 Å². The van der Waals surface area contributed by atoms with Crippen LogP contribution in [0.15, 0.2) is 53.7 Å². The zero-order valence-corrected chi connectivity index (χ0v) is 17.8. The highest BCUT2D eigenvalue weighted by Crippen LogP contribution is 2.22. The van der Waals surface area contributed by atoms with Gasteiger partial charge in [0.25, 0.3) is 0 Å². The Morgan fingerprint density at radius 1 is 1.14 bits per heavy atom. The summed E-state index contributed by atoms with van der Waals surface area (Å²) in [5.74, 6) is 0.257. The maximum absolute atomic E-state index is 12.2. The molecule has 7 nitrogen and oxygen atoms in total. The summed E-state index contributed by atoms with van der Waals surface area (Å²) in [6.45, 7) is 5.61. The van der Waals surface area contributed by atoms with Gasteiger partial charge in [-0.1, -0.05) is 42.1 Å². The van der Waals surface area contributed by atoms with Crippen LogP contribution in [0.2, 0.25) is 0 Å². The van der Waals surface area contributed by atoms with Crippen molar-refractivity contribution in [2.45, 2.75) is 25.4 Å². The van der Waals surface area contributed by atoms with E-state index < -0.39 is 0 Å². The van der Waals surface area contributed by atoms with E-state index in [1.165, 1.54) is 23.0 Å². The second-order valence-electron chi connectivity index (χ2n) is 6.84. The minimum atomic E-state index is -0.0205. The van der Waals surface area contributed by atoms with Gasteiger partial charge in [-0.3, -0.25) is 4.79 Å². The maximum atomic E-state index is 12.2. The van der Waals surface area contributed by atoms with Crippen LogP contribution in [0.3, 0.4) is 0 Å². The van der Waals surface area contributed by atoms with Crippen molar-refractivity contribution in [3.8, 4) is 5.69 Å². The van der Waals surface area contributed by atoms with Gasteiger partial charge in [0.1, 0.15) is 0 Å². The number of para-hydroxylation sites is 1. The summed E-state index contributed by atoms with van der Waals surface area (Å²) in [4.78, 5) is 14.4. The second-order valence-corrected chi connectivity index (χ2v) is 7.78. The van der Waals surface area contributed by atoms with E-state index in [1.807, 2.05) is 37.3 Å². The van der Waals surface area contributed by atoms with Gasteiger partial charge in [0, 0.05) is 25.8 Å². The molecular formula is C21H26N6OS. The number of carbonyl (C=O) groups excluding carboxylic acids is 1. The summed E-state index contributed by atoms with van der Waals surface area (Å²) in [7, 11) is 2.06. The SMILES string of the molecule is Cc1cccc(-n2nnnc2SCC(=O)NCCCN(C)c2ccccc2)c1C. The lowest BCUT2D eigenvalue weighted by molar-refractivity contribution is -0.118. The summed E-state index contributed by atoms with van der Waals surface area (Å²) in [5, 5.41) is 15.5. The fourth-order valence-electron chi connectivity index (χ4n) is 2.92. The molecule has 0 fully saturated rings. The number of anilines is 1. The van der Waals surface area contributed by atoms with E-state index in [0.717, 1.165) is 24.2 Å². The first-order valence-corrected chi connectivity index (χ1v) is 10.6. The van der Waals surface area contributed by atoms with Gasteiger partial charge in [0.05, 0.1) is 11.4 Å². The molecule has 152 valence electrons. The Kier molecular flexibility index (Phi) is 7.24. The predicted octanol–water partition coefficient (Wildman–Crippen LogP) is 3.01. The van der Waals surface area contributed by atoms with Crippen LogP contribution in [-0.2, 0) is 4.79 Å². The maximum Gasteiger partial charge on any atom is 0.230 e. The standard InChI is InChI=1S/C21H26N6OS/c1-16-9-7-12-19(17(16)2)27-21(23-24-25-27)29-15-20(28)22-13-8-14-26(3)18-10-5-4-6-11-18/h4-7,9-12H,8,13-15H2,1-3H3,(H,22,28). The average Bonchev–Trinajstić information content (AvgIpc) is 3.20. The third kappa shape index (κ3) is 5.57. The van der Waals surface area contributed by atoms with E-state index in [0.29, 0.717) is 11.7 Å². The molecule has 0 unspecified atom stereocenters. The van der Waals surface area contributed by atoms with Crippen LogP contribution in [-0.4, -0.2) is 52.0 Å². The normalized spacial score (nSPS) is 10.7. The molecular weight excluding hydrogens is 384 g/mol. The third-order valence-corrected chi connectivity index (χ3v) is 5.69. The highest BCUT2D eigenvalue weighted by atomic mass is 32.2. The second kappa shape index (κ2) is 10.1. The summed E-state index contributed by atoms with van der Waals surface area (Å²) < 4.78 is 1.69. The van der Waals surface area contributed by atoms with Gasteiger partial charge >= 0.3 is 0 Å². The number of hydrogen-bond donors (Lipinski definition) is 1. The Morgan fingerprint density at radius 3 is 2.72 bits per heavy atom. The fourth-order valence-corrected chi connectivity index (χ4v) is 3.64. The molecule has 0 saturated heterocycles. The first-order valence-electron chi connectivity index (χ1n) is 9.57. The number of thioether (sulfide) groups is 1. The minimum Gasteiger partial charge on any atom is -0.375 e. The van der Waals surface area contributed by atoms with Gasteiger partial charge < -0.3 is 10.2 Å². The van der Waals surface area contributed by atoms with Crippen LogP contribution in [0.4, 0.5) is 5.69 Å². The van der Waals surface area contributed by atoms with Crippen LogP contribution in [0.5, 0.6) is 0 Å². The smallest absolute Gasteiger partial charge is 0.230 e. The third-order valence-electron chi connectivity index (χ3n) is 4.77. The molecule has 1 amide bonds. The van der Waals surface area contributed by atoms with Crippen molar-refractivity contribution in [3.63, 3.8) is 0 Å². The van der Waals surface area contributed by atoms with E-state index >= 15 is 0 Å². The average molecular weight is 411 g/mol. The number of rotatable bonds is 9. The lowest BCUT2D eigenvalue weighted by Crippen LogP contribution is -2.29. The van der Waals surface area contributed by atoms with E-state index in [4.69, 9.17) is 0 Å². The monoisotopic (exact) mass is 410 g/mol. The molecule has 2 aromatic carbocycles. The molecule has 0 aliphatic heterocycles. The van der Waals surface area contributed by atoms with E-state index in [2.05, 4.69) is 57.9 Å². The highest BCUT2D eigenvalue weighted by molar-refractivity contribution is 7.99. The van der Waals surface area contributed by atoms with E-state index in [1.54, 1.807) is 4.68 Å². The van der Waals surface area contributed by atoms with Crippen molar-refractivity contribution in [1.82, 2.24) is 25.5 Å². The number of nitrogens with one attached hydrogen (secondary N) is 1. The zero-order valence-electron chi connectivity index (χ0n) is 17.0. The molecule has 8 heteroatoms. The first-order chi connectivity index (χ1) is 14.1. The lowest BCUT2D eigenvalue weighted by Gasteiger charge is -2.19. The van der Waals surface area contributed by atoms with Crippen molar-refractivity contribution in [2.75, 3.05) is 30.8 Å². The molecule has 0 atom stereocenters. The van der Waals surface area contributed by atoms with Gasteiger partial charge in [-0.25, -0.2) is 0 Å². The molecule has 29 heavy (non-hydrogen) atoms. The Morgan fingerprint density at radius 2 is 1.93 bits per heavy atom. The molecule has 1 N–H and O–H groups in total. The number of aryl methyl sites for hydroxylation is 1. The van der Waals surface area contributed by atoms with Gasteiger partial charge in [0.2, 0.25) is 11.1 Å². The Hall–Kier alpha value is -2.87. The highest BCUT2D eigenvalue weighted by Gasteiger charge is 2.13. The topological polar surface area (TPSA) is 75.9 Å². The Labute approximate surface area is 175 Å². The van der Waals surface area contributed by atoms with Gasteiger partial charge in [-0.2, -0.15) is 4.68 Å². The summed E-state index contributed by atoms with van der Waals surface area (Å²) in [6, 6.07) is 16.2. The molecule has 1 aromatic heterocycles. The molecule has 3 rings (SSSR count). The molecule has 3 aromatic rings. The number of tetrazole rings is 1. The number of nitrogens with zero attached hydrogens (tertiary/aromatic N) is 5. The number of hydrogen-bond acceptors (Lipinski definition) is 6. The predicted molar refractivity (Wildman–Crippen MR) is 117 cm³/mol.